The molecule has 54 heavy (non-hydrogen) atoms. The number of thiol groups is 1. The summed E-state index contributed by atoms with van der Waals surface area (Å²) in [5.41, 5.74) is 7.46. The van der Waals surface area contributed by atoms with Gasteiger partial charge in [-0.05, 0) is 87.4 Å². The van der Waals surface area contributed by atoms with Crippen LogP contribution in [0.1, 0.15) is 105 Å². The minimum Gasteiger partial charge on any atom is -0.376 e. The number of allylic oxidation sites excluding steroid dienone is 1. The maximum absolute atomic E-state index is 13.2. The van der Waals surface area contributed by atoms with E-state index in [2.05, 4.69) is 121 Å². The van der Waals surface area contributed by atoms with Crippen LogP contribution in [0.3, 0.4) is 0 Å². The van der Waals surface area contributed by atoms with Gasteiger partial charge in [-0.3, -0.25) is 4.72 Å². The topological polar surface area (TPSA) is 77.4 Å². The monoisotopic (exact) mass is 788 g/mol. The van der Waals surface area contributed by atoms with Crippen LogP contribution >= 0.6 is 24.2 Å². The molecule has 0 spiro atoms. The van der Waals surface area contributed by atoms with Gasteiger partial charge in [-0.25, -0.2) is 16.4 Å². The van der Waals surface area contributed by atoms with E-state index >= 15 is 0 Å². The van der Waals surface area contributed by atoms with Crippen LogP contribution in [0.2, 0.25) is 0 Å². The molecule has 0 saturated heterocycles. The van der Waals surface area contributed by atoms with Crippen LogP contribution in [0.5, 0.6) is 0 Å². The average Bonchev–Trinajstić information content (AvgIpc) is 3.66. The summed E-state index contributed by atoms with van der Waals surface area (Å²) in [6.07, 6.45) is 1.53. The Balaban J connectivity index is 0. The van der Waals surface area contributed by atoms with Gasteiger partial charge in [0.15, 0.2) is 6.04 Å². The van der Waals surface area contributed by atoms with E-state index in [1.807, 2.05) is 66.1 Å². The first-order valence-corrected chi connectivity index (χ1v) is 19.7. The van der Waals surface area contributed by atoms with Crippen LogP contribution in [-0.2, 0) is 0 Å². The zero-order chi connectivity index (χ0) is 41.4. The first kappa shape index (κ1) is 52.5. The second-order valence-electron chi connectivity index (χ2n) is 11.3. The first-order chi connectivity index (χ1) is 26.0. The smallest absolute Gasteiger partial charge is 0.376 e. The van der Waals surface area contributed by atoms with Gasteiger partial charge >= 0.3 is 6.18 Å². The highest BCUT2D eigenvalue weighted by molar-refractivity contribution is 7.78. The Morgan fingerprint density at radius 3 is 1.52 bits per heavy atom. The number of nitrogens with zero attached hydrogens (tertiary/aromatic N) is 1. The summed E-state index contributed by atoms with van der Waals surface area (Å²) >= 11 is 4.92. The van der Waals surface area contributed by atoms with E-state index < -0.39 is 12.2 Å². The fourth-order valence-electron chi connectivity index (χ4n) is 4.91. The molecule has 4 aromatic rings. The molecule has 6 N–H and O–H groups in total. The Kier molecular flexibility index (Phi) is 31.9. The number of alkyl halides is 3. The van der Waals surface area contributed by atoms with Crippen molar-refractivity contribution in [1.29, 1.82) is 0 Å². The molecule has 11 heteroatoms. The highest BCUT2D eigenvalue weighted by Crippen LogP contribution is 2.40. The highest BCUT2D eigenvalue weighted by Gasteiger charge is 2.41. The lowest BCUT2D eigenvalue weighted by atomic mass is 9.89. The summed E-state index contributed by atoms with van der Waals surface area (Å²) in [5.74, 6) is 6.34. The van der Waals surface area contributed by atoms with Gasteiger partial charge in [0.1, 0.15) is 0 Å². The van der Waals surface area contributed by atoms with Gasteiger partial charge in [0.25, 0.3) is 0 Å². The summed E-state index contributed by atoms with van der Waals surface area (Å²) in [5, 5.41) is 6.44. The maximum Gasteiger partial charge on any atom is 0.413 e. The second-order valence-corrected chi connectivity index (χ2v) is 12.8. The minimum atomic E-state index is -4.38. The van der Waals surface area contributed by atoms with Gasteiger partial charge < -0.3 is 10.6 Å². The number of hydrogen-bond acceptors (Lipinski definition) is 8. The van der Waals surface area contributed by atoms with E-state index in [9.17, 15) is 13.2 Å². The second kappa shape index (κ2) is 32.8. The molecule has 0 bridgehead atoms. The Labute approximate surface area is 335 Å². The lowest BCUT2D eigenvalue weighted by Crippen LogP contribution is -2.41. The molecule has 0 radical (unpaired) electrons. The summed E-state index contributed by atoms with van der Waals surface area (Å²) in [6.45, 7) is 20.0. The van der Waals surface area contributed by atoms with Crippen molar-refractivity contribution < 1.29 is 13.2 Å². The van der Waals surface area contributed by atoms with Gasteiger partial charge in [0.05, 0.1) is 5.69 Å². The molecule has 0 aliphatic rings. The standard InChI is InChI=1S/C18H23F3N4S.C15H16.C3H9NS.C3H6.C2H7N.C2H6/c1-4-14(12-6-8-13(9-7-12)25(22)23-3)15-10-11-16(26-15)17(24-5-2)18(19,20)21;1-2-15(13-9-5-3-6-10-13)14-11-7-4-8-12-14;1-2-3-4-5;2*1-3-2;1-2/h5-11,14,17,23-24H,2,4,22H2,1,3H3;3-12,15H,2H2,1H3;4-5H,2-3H2,1H3;3H,1H2,2H3;3H,1-2H3;1-2H3. The van der Waals surface area contributed by atoms with Crippen molar-refractivity contribution >= 4 is 29.8 Å². The number of halogens is 3. The quantitative estimate of drug-likeness (QED) is 0.0351. The Morgan fingerprint density at radius 2 is 1.19 bits per heavy atom. The van der Waals surface area contributed by atoms with E-state index in [0.717, 1.165) is 48.1 Å². The van der Waals surface area contributed by atoms with Gasteiger partial charge in [-0.2, -0.15) is 13.2 Å². The predicted octanol–water partition coefficient (Wildman–Crippen LogP) is 11.6. The zero-order valence-electron chi connectivity index (χ0n) is 33.9. The molecule has 1 heterocycles. The summed E-state index contributed by atoms with van der Waals surface area (Å²) in [4.78, 5) is 1.12. The largest absolute Gasteiger partial charge is 0.413 e. The molecular weight excluding hydrogens is 722 g/mol. The number of nitrogens with two attached hydrogens (primary N) is 1. The van der Waals surface area contributed by atoms with Crippen molar-refractivity contribution in [2.24, 2.45) is 5.84 Å². The maximum atomic E-state index is 13.2. The van der Waals surface area contributed by atoms with Crippen LogP contribution in [0.25, 0.3) is 0 Å². The third-order valence-corrected chi connectivity index (χ3v) is 8.77. The molecule has 1 aromatic heterocycles. The number of nitrogens with one attached hydrogen (secondary N) is 4. The molecule has 0 aliphatic heterocycles. The molecule has 2 atom stereocenters. The molecule has 0 aliphatic carbocycles. The van der Waals surface area contributed by atoms with E-state index in [1.165, 1.54) is 33.6 Å². The van der Waals surface area contributed by atoms with Crippen LogP contribution in [0, 0.1) is 0 Å². The average molecular weight is 789 g/mol. The fraction of sp³-hybridized carbons (Fsp3) is 0.395. The Hall–Kier alpha value is -3.58. The SMILES string of the molecule is C=CC.C=CNC(c1ccc(C(CC)c2ccc(N(N)NC)cc2)s1)C(F)(F)F.CC.CCC(c1ccccc1)c1ccccc1.CCCNS.CNC. The summed E-state index contributed by atoms with van der Waals surface area (Å²) in [6, 6.07) is 30.6. The third kappa shape index (κ3) is 20.8. The van der Waals surface area contributed by atoms with Crippen LogP contribution in [0.15, 0.2) is 122 Å². The molecule has 0 fully saturated rings. The summed E-state index contributed by atoms with van der Waals surface area (Å²) < 4.78 is 42.4. The highest BCUT2D eigenvalue weighted by atomic mass is 32.1. The van der Waals surface area contributed by atoms with E-state index in [0.29, 0.717) is 5.92 Å². The van der Waals surface area contributed by atoms with Crippen molar-refractivity contribution in [3.05, 3.63) is 149 Å². The van der Waals surface area contributed by atoms with Crippen LogP contribution in [0.4, 0.5) is 18.9 Å². The molecular formula is C43H67F3N6S2. The number of hydrazine groups is 2. The third-order valence-electron chi connectivity index (χ3n) is 7.28. The van der Waals surface area contributed by atoms with Crippen LogP contribution in [-0.4, -0.2) is 33.9 Å². The first-order valence-electron chi connectivity index (χ1n) is 18.5. The van der Waals surface area contributed by atoms with Gasteiger partial charge in [0, 0.05) is 35.2 Å². The Morgan fingerprint density at radius 1 is 0.759 bits per heavy atom. The van der Waals surface area contributed by atoms with Crippen molar-refractivity contribution in [3.63, 3.8) is 0 Å². The zero-order valence-corrected chi connectivity index (χ0v) is 35.6. The molecule has 0 saturated carbocycles. The number of anilines is 1. The lowest BCUT2D eigenvalue weighted by molar-refractivity contribution is -0.154. The van der Waals surface area contributed by atoms with Crippen molar-refractivity contribution in [3.8, 4) is 0 Å². The van der Waals surface area contributed by atoms with Crippen molar-refractivity contribution in [1.82, 2.24) is 20.8 Å². The molecule has 4 rings (SSSR count). The molecule has 302 valence electrons. The Bertz CT molecular complexity index is 1390. The van der Waals surface area contributed by atoms with Gasteiger partial charge in [-0.1, -0.05) is 133 Å². The van der Waals surface area contributed by atoms with Gasteiger partial charge in [0.2, 0.25) is 0 Å². The van der Waals surface area contributed by atoms with Crippen LogP contribution < -0.4 is 31.7 Å². The lowest BCUT2D eigenvalue weighted by Gasteiger charge is -2.20. The normalized spacial score (nSPS) is 11.1. The van der Waals surface area contributed by atoms with E-state index in [4.69, 9.17) is 5.84 Å². The predicted molar refractivity (Wildman–Crippen MR) is 235 cm³/mol. The van der Waals surface area contributed by atoms with Gasteiger partial charge in [-0.15, -0.1) is 17.9 Å². The molecule has 6 nitrogen and oxygen atoms in total. The van der Waals surface area contributed by atoms with Crippen molar-refractivity contribution in [2.45, 2.75) is 84.9 Å². The molecule has 0 amide bonds. The van der Waals surface area contributed by atoms with E-state index in [-0.39, 0.29) is 10.8 Å². The van der Waals surface area contributed by atoms with E-state index in [1.54, 1.807) is 19.2 Å². The summed E-state index contributed by atoms with van der Waals surface area (Å²) in [7, 11) is 5.46. The fourth-order valence-corrected chi connectivity index (χ4v) is 6.44. The molecule has 3 aromatic carbocycles. The number of thiophene rings is 1. The van der Waals surface area contributed by atoms with Crippen molar-refractivity contribution in [2.75, 3.05) is 32.8 Å². The number of hydrogen-bond donors (Lipinski definition) is 6. The number of rotatable bonds is 13. The molecule has 2 unspecified atom stereocenters. The number of benzene rings is 3. The minimum absolute atomic E-state index is 0.0289.